The quantitative estimate of drug-likeness (QED) is 0.430. The normalized spacial score (nSPS) is 33.9. The summed E-state index contributed by atoms with van der Waals surface area (Å²) in [6.07, 6.45) is 10.1. The third-order valence-electron chi connectivity index (χ3n) is 5.03. The fraction of sp³-hybridized carbons (Fsp3) is 0.722. The van der Waals surface area contributed by atoms with E-state index in [1.54, 1.807) is 0 Å². The lowest BCUT2D eigenvalue weighted by Crippen LogP contribution is -2.21. The minimum Gasteiger partial charge on any atom is -0.393 e. The number of allylic oxidation sites excluding steroid dienone is 2. The zero-order valence-electron chi connectivity index (χ0n) is 13.1. The standard InChI is InChI=1S/C18H28O3/c1-3-4-5-6-7-14(19)8-9-18-11-13(2)17(21)16(18)10-15(20)12-18/h8-9,14-16,19-20H,2-7,10-12H2,1H3/b9-8+/t14-,15+,16+,18-/m0/s1. The SMILES string of the molecule is C=C1C[C@@]2(/C=C/[C@@H](O)CCCCCC)C[C@H](O)C[C@@H]2C1=O. The molecular weight excluding hydrogens is 264 g/mol. The average molecular weight is 292 g/mol. The molecule has 3 heteroatoms. The van der Waals surface area contributed by atoms with Crippen LogP contribution in [0.2, 0.25) is 0 Å². The number of aliphatic hydroxyl groups excluding tert-OH is 2. The van der Waals surface area contributed by atoms with Crippen LogP contribution >= 0.6 is 0 Å². The molecule has 2 rings (SSSR count). The third kappa shape index (κ3) is 3.64. The van der Waals surface area contributed by atoms with Crippen LogP contribution in [0.5, 0.6) is 0 Å². The van der Waals surface area contributed by atoms with E-state index in [0.717, 1.165) is 19.3 Å². The van der Waals surface area contributed by atoms with Gasteiger partial charge in [-0.1, -0.05) is 51.3 Å². The van der Waals surface area contributed by atoms with Gasteiger partial charge in [0.1, 0.15) is 0 Å². The lowest BCUT2D eigenvalue weighted by molar-refractivity contribution is -0.118. The maximum Gasteiger partial charge on any atom is 0.162 e. The van der Waals surface area contributed by atoms with Gasteiger partial charge in [0.05, 0.1) is 12.2 Å². The molecule has 2 saturated carbocycles. The van der Waals surface area contributed by atoms with Gasteiger partial charge in [-0.2, -0.15) is 0 Å². The van der Waals surface area contributed by atoms with Gasteiger partial charge in [-0.05, 0) is 31.3 Å². The first-order chi connectivity index (χ1) is 9.98. The summed E-state index contributed by atoms with van der Waals surface area (Å²) in [6.45, 7) is 6.03. The van der Waals surface area contributed by atoms with Crippen LogP contribution in [0, 0.1) is 11.3 Å². The minimum atomic E-state index is -0.446. The summed E-state index contributed by atoms with van der Waals surface area (Å²) in [5.41, 5.74) is 0.381. The van der Waals surface area contributed by atoms with E-state index in [2.05, 4.69) is 13.5 Å². The fourth-order valence-electron chi connectivity index (χ4n) is 3.89. The van der Waals surface area contributed by atoms with E-state index >= 15 is 0 Å². The molecular formula is C18H28O3. The molecule has 2 aliphatic rings. The number of rotatable bonds is 7. The maximum absolute atomic E-state index is 12.1. The van der Waals surface area contributed by atoms with Gasteiger partial charge < -0.3 is 10.2 Å². The summed E-state index contributed by atoms with van der Waals surface area (Å²) in [5.74, 6) is -0.0304. The average Bonchev–Trinajstić information content (AvgIpc) is 2.87. The van der Waals surface area contributed by atoms with Crippen molar-refractivity contribution in [2.75, 3.05) is 0 Å². The first kappa shape index (κ1) is 16.4. The maximum atomic E-state index is 12.1. The van der Waals surface area contributed by atoms with Gasteiger partial charge in [-0.15, -0.1) is 0 Å². The molecule has 0 amide bonds. The molecule has 0 aromatic heterocycles. The number of carbonyl (C=O) groups excluding carboxylic acids is 1. The summed E-state index contributed by atoms with van der Waals surface area (Å²) in [6, 6.07) is 0. The number of hydrogen-bond donors (Lipinski definition) is 2. The second-order valence-corrected chi connectivity index (χ2v) is 6.80. The fourth-order valence-corrected chi connectivity index (χ4v) is 3.89. The Kier molecular flexibility index (Phi) is 5.39. The van der Waals surface area contributed by atoms with Crippen molar-refractivity contribution in [1.29, 1.82) is 0 Å². The first-order valence-corrected chi connectivity index (χ1v) is 8.26. The van der Waals surface area contributed by atoms with Crippen molar-refractivity contribution in [3.05, 3.63) is 24.3 Å². The molecule has 3 nitrogen and oxygen atoms in total. The number of carbonyl (C=O) groups is 1. The van der Waals surface area contributed by atoms with Gasteiger partial charge in [0, 0.05) is 11.3 Å². The van der Waals surface area contributed by atoms with Gasteiger partial charge in [0.25, 0.3) is 0 Å². The number of aliphatic hydroxyl groups is 2. The highest BCUT2D eigenvalue weighted by Crippen LogP contribution is 2.55. The molecule has 2 N–H and O–H groups in total. The summed E-state index contributed by atoms with van der Waals surface area (Å²) in [7, 11) is 0. The Bertz CT molecular complexity index is 426. The number of fused-ring (bicyclic) bond motifs is 1. The van der Waals surface area contributed by atoms with Gasteiger partial charge >= 0.3 is 0 Å². The number of unbranched alkanes of at least 4 members (excludes halogenated alkanes) is 3. The largest absolute Gasteiger partial charge is 0.393 e. The molecule has 0 saturated heterocycles. The van der Waals surface area contributed by atoms with Crippen LogP contribution in [-0.2, 0) is 4.79 Å². The van der Waals surface area contributed by atoms with E-state index in [-0.39, 0.29) is 17.1 Å². The molecule has 0 aromatic carbocycles. The van der Waals surface area contributed by atoms with Gasteiger partial charge in [-0.3, -0.25) is 4.79 Å². The van der Waals surface area contributed by atoms with E-state index < -0.39 is 12.2 Å². The summed E-state index contributed by atoms with van der Waals surface area (Å²) in [4.78, 5) is 12.1. The zero-order chi connectivity index (χ0) is 15.5. The molecule has 0 radical (unpaired) electrons. The van der Waals surface area contributed by atoms with Crippen LogP contribution in [0.1, 0.15) is 58.3 Å². The Labute approximate surface area is 127 Å². The highest BCUT2D eigenvalue weighted by Gasteiger charge is 2.54. The predicted molar refractivity (Wildman–Crippen MR) is 83.8 cm³/mol. The first-order valence-electron chi connectivity index (χ1n) is 8.26. The van der Waals surface area contributed by atoms with Crippen LogP contribution in [0.15, 0.2) is 24.3 Å². The molecule has 118 valence electrons. The lowest BCUT2D eigenvalue weighted by Gasteiger charge is -2.24. The topological polar surface area (TPSA) is 57.5 Å². The van der Waals surface area contributed by atoms with Gasteiger partial charge in [0.2, 0.25) is 0 Å². The monoisotopic (exact) mass is 292 g/mol. The van der Waals surface area contributed by atoms with E-state index in [1.165, 1.54) is 12.8 Å². The van der Waals surface area contributed by atoms with E-state index in [9.17, 15) is 15.0 Å². The van der Waals surface area contributed by atoms with Gasteiger partial charge in [-0.25, -0.2) is 0 Å². The molecule has 0 aromatic rings. The smallest absolute Gasteiger partial charge is 0.162 e. The van der Waals surface area contributed by atoms with Crippen molar-refractivity contribution >= 4 is 5.78 Å². The predicted octanol–water partition coefficient (Wildman–Crippen LogP) is 3.16. The van der Waals surface area contributed by atoms with E-state index in [0.29, 0.717) is 24.8 Å². The number of hydrogen-bond acceptors (Lipinski definition) is 3. The van der Waals surface area contributed by atoms with Crippen LogP contribution in [-0.4, -0.2) is 28.2 Å². The molecule has 21 heavy (non-hydrogen) atoms. The van der Waals surface area contributed by atoms with Crippen LogP contribution in [0.3, 0.4) is 0 Å². The van der Waals surface area contributed by atoms with E-state index in [4.69, 9.17) is 0 Å². The highest BCUT2D eigenvalue weighted by atomic mass is 16.3. The second-order valence-electron chi connectivity index (χ2n) is 6.80. The van der Waals surface area contributed by atoms with E-state index in [1.807, 2.05) is 12.2 Å². The highest BCUT2D eigenvalue weighted by molar-refractivity contribution is 6.00. The molecule has 4 atom stereocenters. The Hall–Kier alpha value is -0.930. The molecule has 0 heterocycles. The molecule has 0 unspecified atom stereocenters. The zero-order valence-corrected chi connectivity index (χ0v) is 13.1. The van der Waals surface area contributed by atoms with Crippen molar-refractivity contribution in [1.82, 2.24) is 0 Å². The van der Waals surface area contributed by atoms with Crippen molar-refractivity contribution < 1.29 is 15.0 Å². The number of ketones is 1. The molecule has 0 bridgehead atoms. The Morgan fingerprint density at radius 2 is 2.19 bits per heavy atom. The second kappa shape index (κ2) is 6.89. The number of Topliss-reactive ketones (excluding diaryl/α,β-unsaturated/α-hetero) is 1. The Morgan fingerprint density at radius 1 is 1.43 bits per heavy atom. The summed E-state index contributed by atoms with van der Waals surface area (Å²) < 4.78 is 0. The van der Waals surface area contributed by atoms with Crippen LogP contribution < -0.4 is 0 Å². The minimum absolute atomic E-state index is 0.105. The van der Waals surface area contributed by atoms with Crippen molar-refractivity contribution in [2.24, 2.45) is 11.3 Å². The van der Waals surface area contributed by atoms with Crippen molar-refractivity contribution in [3.8, 4) is 0 Å². The summed E-state index contributed by atoms with van der Waals surface area (Å²) in [5, 5.41) is 20.0. The summed E-state index contributed by atoms with van der Waals surface area (Å²) >= 11 is 0. The van der Waals surface area contributed by atoms with Crippen molar-refractivity contribution in [3.63, 3.8) is 0 Å². The van der Waals surface area contributed by atoms with Gasteiger partial charge in [0.15, 0.2) is 5.78 Å². The Morgan fingerprint density at radius 3 is 2.90 bits per heavy atom. The van der Waals surface area contributed by atoms with Crippen LogP contribution in [0.25, 0.3) is 0 Å². The lowest BCUT2D eigenvalue weighted by atomic mass is 9.79. The molecule has 2 aliphatic carbocycles. The van der Waals surface area contributed by atoms with Crippen molar-refractivity contribution in [2.45, 2.75) is 70.5 Å². The molecule has 0 spiro atoms. The molecule has 0 aliphatic heterocycles. The van der Waals surface area contributed by atoms with Crippen LogP contribution in [0.4, 0.5) is 0 Å². The third-order valence-corrected chi connectivity index (χ3v) is 5.03. The molecule has 2 fully saturated rings. The Balaban J connectivity index is 1.95.